The SMILES string of the molecule is CC(C)N1C(=O)C(CCc2ccc(C#N)cc2)COC12C=CC(=O)C=C2. The molecular formula is C21H22N2O3. The maximum Gasteiger partial charge on any atom is 0.231 e. The smallest absolute Gasteiger partial charge is 0.231 e. The fourth-order valence-corrected chi connectivity index (χ4v) is 3.47. The Kier molecular flexibility index (Phi) is 5.06. The Morgan fingerprint density at radius 3 is 2.46 bits per heavy atom. The van der Waals surface area contributed by atoms with E-state index in [-0.39, 0.29) is 23.7 Å². The molecule has 1 aliphatic carbocycles. The molecule has 1 spiro atoms. The zero-order valence-electron chi connectivity index (χ0n) is 15.0. The molecule has 134 valence electrons. The lowest BCUT2D eigenvalue weighted by molar-refractivity contribution is -0.186. The predicted octanol–water partition coefficient (Wildman–Crippen LogP) is 2.77. The number of amides is 1. The van der Waals surface area contributed by atoms with Crippen LogP contribution in [0.2, 0.25) is 0 Å². The van der Waals surface area contributed by atoms with Crippen molar-refractivity contribution in [1.82, 2.24) is 4.90 Å². The van der Waals surface area contributed by atoms with Gasteiger partial charge in [0, 0.05) is 6.04 Å². The summed E-state index contributed by atoms with van der Waals surface area (Å²) in [6, 6.07) is 9.48. The molecule has 1 heterocycles. The van der Waals surface area contributed by atoms with Gasteiger partial charge in [0.25, 0.3) is 0 Å². The van der Waals surface area contributed by atoms with Gasteiger partial charge in [-0.05, 0) is 68.7 Å². The molecule has 1 aromatic carbocycles. The quantitative estimate of drug-likeness (QED) is 0.837. The van der Waals surface area contributed by atoms with Crippen molar-refractivity contribution in [2.75, 3.05) is 6.61 Å². The van der Waals surface area contributed by atoms with Crippen LogP contribution in [0.25, 0.3) is 0 Å². The molecule has 0 saturated carbocycles. The minimum absolute atomic E-state index is 0.0449. The standard InChI is InChI=1S/C21H22N2O3/c1-15(2)23-20(25)18(8-7-16-3-5-17(13-22)6-4-16)14-26-21(23)11-9-19(24)10-12-21/h3-6,9-12,15,18H,7-8,14H2,1-2H3. The number of allylic oxidation sites excluding steroid dienone is 2. The van der Waals surface area contributed by atoms with Gasteiger partial charge in [0.2, 0.25) is 5.91 Å². The van der Waals surface area contributed by atoms with Crippen LogP contribution in [-0.2, 0) is 20.7 Å². The van der Waals surface area contributed by atoms with Gasteiger partial charge in [-0.1, -0.05) is 12.1 Å². The van der Waals surface area contributed by atoms with E-state index in [0.717, 1.165) is 12.0 Å². The molecule has 1 aromatic rings. The van der Waals surface area contributed by atoms with Crippen molar-refractivity contribution in [3.8, 4) is 6.07 Å². The summed E-state index contributed by atoms with van der Waals surface area (Å²) in [5.41, 5.74) is 0.768. The molecule has 0 bridgehead atoms. The number of rotatable bonds is 4. The van der Waals surface area contributed by atoms with Crippen LogP contribution < -0.4 is 0 Å². The van der Waals surface area contributed by atoms with Crippen LogP contribution in [0.15, 0.2) is 48.6 Å². The highest BCUT2D eigenvalue weighted by Crippen LogP contribution is 2.34. The third kappa shape index (κ3) is 3.47. The molecular weight excluding hydrogens is 328 g/mol. The Balaban J connectivity index is 1.72. The Morgan fingerprint density at radius 2 is 1.88 bits per heavy atom. The lowest BCUT2D eigenvalue weighted by Gasteiger charge is -2.48. The van der Waals surface area contributed by atoms with E-state index in [1.165, 1.54) is 12.2 Å². The molecule has 0 radical (unpaired) electrons. The van der Waals surface area contributed by atoms with E-state index < -0.39 is 5.72 Å². The van der Waals surface area contributed by atoms with E-state index >= 15 is 0 Å². The van der Waals surface area contributed by atoms with Gasteiger partial charge in [-0.3, -0.25) is 9.59 Å². The number of ether oxygens (including phenoxy) is 1. The molecule has 26 heavy (non-hydrogen) atoms. The normalized spacial score (nSPS) is 21.5. The van der Waals surface area contributed by atoms with E-state index in [0.29, 0.717) is 18.6 Å². The molecule has 1 atom stereocenters. The molecule has 0 aromatic heterocycles. The molecule has 1 fully saturated rings. The fourth-order valence-electron chi connectivity index (χ4n) is 3.47. The Labute approximate surface area is 153 Å². The van der Waals surface area contributed by atoms with Crippen molar-refractivity contribution in [2.24, 2.45) is 5.92 Å². The summed E-state index contributed by atoms with van der Waals surface area (Å²) in [4.78, 5) is 26.3. The second-order valence-electron chi connectivity index (χ2n) is 6.98. The minimum Gasteiger partial charge on any atom is -0.347 e. The zero-order valence-corrected chi connectivity index (χ0v) is 15.0. The number of nitriles is 1. The van der Waals surface area contributed by atoms with Gasteiger partial charge < -0.3 is 9.64 Å². The number of hydrogen-bond acceptors (Lipinski definition) is 4. The van der Waals surface area contributed by atoms with Gasteiger partial charge >= 0.3 is 0 Å². The number of carbonyl (C=O) groups excluding carboxylic acids is 2. The molecule has 1 amide bonds. The highest BCUT2D eigenvalue weighted by Gasteiger charge is 2.46. The lowest BCUT2D eigenvalue weighted by atomic mass is 9.92. The van der Waals surface area contributed by atoms with Crippen molar-refractivity contribution >= 4 is 11.7 Å². The van der Waals surface area contributed by atoms with Crippen LogP contribution in [0, 0.1) is 17.2 Å². The van der Waals surface area contributed by atoms with Crippen molar-refractivity contribution in [3.63, 3.8) is 0 Å². The minimum atomic E-state index is -0.954. The van der Waals surface area contributed by atoms with Gasteiger partial charge in [0.1, 0.15) is 0 Å². The van der Waals surface area contributed by atoms with Crippen molar-refractivity contribution < 1.29 is 14.3 Å². The topological polar surface area (TPSA) is 70.4 Å². The zero-order chi connectivity index (χ0) is 18.7. The number of nitrogens with zero attached hydrogens (tertiary/aromatic N) is 2. The van der Waals surface area contributed by atoms with Crippen LogP contribution in [0.1, 0.15) is 31.4 Å². The number of benzene rings is 1. The number of aryl methyl sites for hydroxylation is 1. The first-order valence-electron chi connectivity index (χ1n) is 8.84. The third-order valence-corrected chi connectivity index (χ3v) is 4.83. The molecule has 3 rings (SSSR count). The second-order valence-corrected chi connectivity index (χ2v) is 6.98. The Morgan fingerprint density at radius 1 is 1.23 bits per heavy atom. The van der Waals surface area contributed by atoms with Crippen molar-refractivity contribution in [2.45, 2.75) is 38.5 Å². The summed E-state index contributed by atoms with van der Waals surface area (Å²) in [5, 5.41) is 8.87. The predicted molar refractivity (Wildman–Crippen MR) is 96.9 cm³/mol. The largest absolute Gasteiger partial charge is 0.347 e. The summed E-state index contributed by atoms with van der Waals surface area (Å²) in [6.45, 7) is 4.22. The van der Waals surface area contributed by atoms with Crippen LogP contribution in [0.3, 0.4) is 0 Å². The molecule has 1 saturated heterocycles. The molecule has 5 nitrogen and oxygen atoms in total. The van der Waals surface area contributed by atoms with Crippen LogP contribution in [0.4, 0.5) is 0 Å². The van der Waals surface area contributed by atoms with Gasteiger partial charge in [-0.25, -0.2) is 0 Å². The first-order valence-corrected chi connectivity index (χ1v) is 8.84. The van der Waals surface area contributed by atoms with Gasteiger partial charge in [0.15, 0.2) is 11.5 Å². The van der Waals surface area contributed by atoms with E-state index in [9.17, 15) is 9.59 Å². The van der Waals surface area contributed by atoms with E-state index in [1.807, 2.05) is 26.0 Å². The van der Waals surface area contributed by atoms with E-state index in [4.69, 9.17) is 10.00 Å². The van der Waals surface area contributed by atoms with Crippen LogP contribution in [-0.4, -0.2) is 35.0 Å². The number of carbonyl (C=O) groups is 2. The average Bonchev–Trinajstić information content (AvgIpc) is 2.64. The van der Waals surface area contributed by atoms with Gasteiger partial charge in [-0.2, -0.15) is 5.26 Å². The Bertz CT molecular complexity index is 784. The summed E-state index contributed by atoms with van der Waals surface area (Å²) < 4.78 is 6.07. The van der Waals surface area contributed by atoms with E-state index in [1.54, 1.807) is 29.2 Å². The Hall–Kier alpha value is -2.71. The van der Waals surface area contributed by atoms with E-state index in [2.05, 4.69) is 6.07 Å². The number of hydrogen-bond donors (Lipinski definition) is 0. The lowest BCUT2D eigenvalue weighted by Crippen LogP contribution is -2.61. The summed E-state index contributed by atoms with van der Waals surface area (Å²) in [7, 11) is 0. The average molecular weight is 350 g/mol. The molecule has 5 heteroatoms. The highest BCUT2D eigenvalue weighted by molar-refractivity contribution is 6.01. The van der Waals surface area contributed by atoms with Crippen LogP contribution >= 0.6 is 0 Å². The highest BCUT2D eigenvalue weighted by atomic mass is 16.5. The summed E-state index contributed by atoms with van der Waals surface area (Å²) >= 11 is 0. The molecule has 0 N–H and O–H groups in total. The molecule has 2 aliphatic rings. The maximum absolute atomic E-state index is 13.1. The maximum atomic E-state index is 13.1. The fraction of sp³-hybridized carbons (Fsp3) is 0.381. The third-order valence-electron chi connectivity index (χ3n) is 4.83. The van der Waals surface area contributed by atoms with Crippen molar-refractivity contribution in [3.05, 3.63) is 59.7 Å². The summed E-state index contributed by atoms with van der Waals surface area (Å²) in [6.07, 6.45) is 7.68. The van der Waals surface area contributed by atoms with Gasteiger partial charge in [0.05, 0.1) is 24.2 Å². The summed E-state index contributed by atoms with van der Waals surface area (Å²) in [5.74, 6) is -0.278. The van der Waals surface area contributed by atoms with Crippen molar-refractivity contribution in [1.29, 1.82) is 5.26 Å². The first kappa shape index (κ1) is 18.1. The number of ketones is 1. The molecule has 1 unspecified atom stereocenters. The van der Waals surface area contributed by atoms with Gasteiger partial charge in [-0.15, -0.1) is 0 Å². The first-order chi connectivity index (χ1) is 12.4. The van der Waals surface area contributed by atoms with Crippen LogP contribution in [0.5, 0.6) is 0 Å². The molecule has 1 aliphatic heterocycles. The monoisotopic (exact) mass is 350 g/mol. The second kappa shape index (κ2) is 7.27.